The number of carbonyl (C=O) groups is 3. The van der Waals surface area contributed by atoms with Gasteiger partial charge in [0.2, 0.25) is 5.91 Å². The number of nitrogens with one attached hydrogen (secondary N) is 1. The average Bonchev–Trinajstić information content (AvgIpc) is 3.45. The third-order valence-electron chi connectivity index (χ3n) is 8.97. The third kappa shape index (κ3) is 7.71. The van der Waals surface area contributed by atoms with Crippen molar-refractivity contribution in [3.05, 3.63) is 70.7 Å². The molecule has 250 valence electrons. The molecule has 3 heterocycles. The maximum atomic E-state index is 15.0. The first kappa shape index (κ1) is 35.3. The number of morpholine rings is 1. The Balaban J connectivity index is 0.00000480. The van der Waals surface area contributed by atoms with Gasteiger partial charge in [0.1, 0.15) is 5.82 Å². The molecule has 0 bridgehead atoms. The standard InChI is InChI=1S/C34H44FN5O5.ClH/c1-22(2)31(36)32(41)37-20-23-7-8-28(35)26(19-23)24-9-11-38(12-10-24)34(43)27-21-40(13-16-44-3)29-6-4-5-25(30(27)29)33(42)39-14-17-45-18-15-39;/h4-8,19,21-22,24,31H,9-18,20,36H2,1-3H3,(H,37,41);1H/t31-;/m1./s1. The van der Waals surface area contributed by atoms with Crippen LogP contribution < -0.4 is 11.1 Å². The molecular formula is C34H45ClFN5O5. The van der Waals surface area contributed by atoms with Crippen LogP contribution in [0.4, 0.5) is 4.39 Å². The minimum atomic E-state index is -0.602. The molecule has 0 radical (unpaired) electrons. The lowest BCUT2D eigenvalue weighted by atomic mass is 9.88. The fourth-order valence-corrected chi connectivity index (χ4v) is 6.19. The van der Waals surface area contributed by atoms with Crippen molar-refractivity contribution in [2.45, 2.75) is 51.7 Å². The van der Waals surface area contributed by atoms with E-state index in [2.05, 4.69) is 5.32 Å². The Kier molecular flexibility index (Phi) is 12.2. The largest absolute Gasteiger partial charge is 0.383 e. The highest BCUT2D eigenvalue weighted by Crippen LogP contribution is 2.33. The molecule has 3 amide bonds. The van der Waals surface area contributed by atoms with Gasteiger partial charge in [0.25, 0.3) is 11.8 Å². The first-order chi connectivity index (χ1) is 21.7. The lowest BCUT2D eigenvalue weighted by molar-refractivity contribution is -0.123. The van der Waals surface area contributed by atoms with E-state index in [4.69, 9.17) is 15.2 Å². The van der Waals surface area contributed by atoms with E-state index in [-0.39, 0.29) is 54.3 Å². The topological polar surface area (TPSA) is 119 Å². The average molecular weight is 658 g/mol. The number of carbonyl (C=O) groups excluding carboxylic acids is 3. The molecule has 2 aliphatic heterocycles. The van der Waals surface area contributed by atoms with Crippen LogP contribution in [0.15, 0.2) is 42.6 Å². The van der Waals surface area contributed by atoms with Crippen molar-refractivity contribution in [1.82, 2.24) is 19.7 Å². The van der Waals surface area contributed by atoms with Gasteiger partial charge in [-0.2, -0.15) is 0 Å². The zero-order valence-corrected chi connectivity index (χ0v) is 27.6. The Morgan fingerprint density at radius 3 is 2.37 bits per heavy atom. The molecule has 46 heavy (non-hydrogen) atoms. The Bertz CT molecular complexity index is 1530. The van der Waals surface area contributed by atoms with Gasteiger partial charge >= 0.3 is 0 Å². The van der Waals surface area contributed by atoms with E-state index in [1.165, 1.54) is 6.07 Å². The van der Waals surface area contributed by atoms with E-state index in [1.807, 2.05) is 42.8 Å². The summed E-state index contributed by atoms with van der Waals surface area (Å²) in [4.78, 5) is 43.6. The number of nitrogens with zero attached hydrogens (tertiary/aromatic N) is 3. The van der Waals surface area contributed by atoms with Crippen molar-refractivity contribution < 1.29 is 28.2 Å². The van der Waals surface area contributed by atoms with Gasteiger partial charge in [-0.25, -0.2) is 4.39 Å². The van der Waals surface area contributed by atoms with Gasteiger partial charge in [0.05, 0.1) is 31.4 Å². The fraction of sp³-hybridized carbons (Fsp3) is 0.500. The molecule has 2 aliphatic rings. The quantitative estimate of drug-likeness (QED) is 0.341. The Morgan fingerprint density at radius 2 is 1.70 bits per heavy atom. The number of benzene rings is 2. The van der Waals surface area contributed by atoms with Crippen LogP contribution in [0.25, 0.3) is 10.9 Å². The summed E-state index contributed by atoms with van der Waals surface area (Å²) in [5.74, 6) is -0.832. The van der Waals surface area contributed by atoms with Crippen LogP contribution in [0.2, 0.25) is 0 Å². The summed E-state index contributed by atoms with van der Waals surface area (Å²) in [6.45, 7) is 7.95. The molecule has 10 nitrogen and oxygen atoms in total. The Morgan fingerprint density at radius 1 is 1.02 bits per heavy atom. The number of piperidine rings is 1. The number of fused-ring (bicyclic) bond motifs is 1. The molecule has 3 aromatic rings. The van der Waals surface area contributed by atoms with Crippen LogP contribution in [0.5, 0.6) is 0 Å². The maximum absolute atomic E-state index is 15.0. The molecule has 3 N–H and O–H groups in total. The van der Waals surface area contributed by atoms with Crippen molar-refractivity contribution in [2.75, 3.05) is 53.1 Å². The number of halogens is 2. The second-order valence-corrected chi connectivity index (χ2v) is 12.2. The van der Waals surface area contributed by atoms with Gasteiger partial charge in [-0.3, -0.25) is 14.4 Å². The normalized spacial score (nSPS) is 16.4. The maximum Gasteiger partial charge on any atom is 0.256 e. The van der Waals surface area contributed by atoms with Crippen LogP contribution in [0, 0.1) is 11.7 Å². The van der Waals surface area contributed by atoms with Crippen LogP contribution in [-0.4, -0.2) is 91.2 Å². The van der Waals surface area contributed by atoms with Crippen LogP contribution in [0.1, 0.15) is 64.4 Å². The molecule has 2 fully saturated rings. The number of ether oxygens (including phenoxy) is 2. The Hall–Kier alpha value is -3.51. The zero-order valence-electron chi connectivity index (χ0n) is 26.8. The number of aromatic nitrogens is 1. The number of methoxy groups -OCH3 is 1. The van der Waals surface area contributed by atoms with E-state index in [9.17, 15) is 14.4 Å². The number of rotatable bonds is 10. The van der Waals surface area contributed by atoms with E-state index in [0.29, 0.717) is 87.5 Å². The van der Waals surface area contributed by atoms with E-state index in [1.54, 1.807) is 29.0 Å². The minimum absolute atomic E-state index is 0. The first-order valence-electron chi connectivity index (χ1n) is 15.8. The molecule has 0 aliphatic carbocycles. The van der Waals surface area contributed by atoms with Gasteiger partial charge in [-0.05, 0) is 54.0 Å². The molecule has 12 heteroatoms. The highest BCUT2D eigenvalue weighted by atomic mass is 35.5. The molecule has 0 unspecified atom stereocenters. The Labute approximate surface area is 275 Å². The summed E-state index contributed by atoms with van der Waals surface area (Å²) in [5, 5.41) is 3.50. The molecule has 2 saturated heterocycles. The van der Waals surface area contributed by atoms with E-state index >= 15 is 4.39 Å². The molecule has 0 saturated carbocycles. The number of amides is 3. The zero-order chi connectivity index (χ0) is 32.1. The lowest BCUT2D eigenvalue weighted by Crippen LogP contribution is -2.43. The number of hydrogen-bond donors (Lipinski definition) is 2. The van der Waals surface area contributed by atoms with Crippen LogP contribution in [-0.2, 0) is 27.4 Å². The predicted octanol–water partition coefficient (Wildman–Crippen LogP) is 3.94. The number of nitrogens with two attached hydrogens (primary N) is 1. The molecule has 1 atom stereocenters. The lowest BCUT2D eigenvalue weighted by Gasteiger charge is -2.32. The molecule has 0 spiro atoms. The highest BCUT2D eigenvalue weighted by Gasteiger charge is 2.30. The smallest absolute Gasteiger partial charge is 0.256 e. The van der Waals surface area contributed by atoms with Crippen molar-refractivity contribution in [3.63, 3.8) is 0 Å². The van der Waals surface area contributed by atoms with Crippen LogP contribution >= 0.6 is 12.4 Å². The number of likely N-dealkylation sites (tertiary alicyclic amines) is 1. The third-order valence-corrected chi connectivity index (χ3v) is 8.97. The van der Waals surface area contributed by atoms with E-state index < -0.39 is 6.04 Å². The van der Waals surface area contributed by atoms with Gasteiger partial charge in [0, 0.05) is 69.0 Å². The van der Waals surface area contributed by atoms with Gasteiger partial charge in [-0.1, -0.05) is 32.0 Å². The van der Waals surface area contributed by atoms with Crippen molar-refractivity contribution in [2.24, 2.45) is 11.7 Å². The second-order valence-electron chi connectivity index (χ2n) is 12.2. The SMILES string of the molecule is COCCn1cc(C(=O)N2CCC(c3cc(CNC(=O)[C@H](N)C(C)C)ccc3F)CC2)c2c(C(=O)N3CCOCC3)cccc21.Cl. The van der Waals surface area contributed by atoms with E-state index in [0.717, 1.165) is 11.1 Å². The summed E-state index contributed by atoms with van der Waals surface area (Å²) in [6, 6.07) is 9.90. The minimum Gasteiger partial charge on any atom is -0.383 e. The molecule has 1 aromatic heterocycles. The molecule has 2 aromatic carbocycles. The summed E-state index contributed by atoms with van der Waals surface area (Å²) in [7, 11) is 1.63. The van der Waals surface area contributed by atoms with Crippen molar-refractivity contribution >= 4 is 41.0 Å². The summed E-state index contributed by atoms with van der Waals surface area (Å²) in [5.41, 5.74) is 9.15. The van der Waals surface area contributed by atoms with Gasteiger partial charge in [-0.15, -0.1) is 12.4 Å². The molecule has 5 rings (SSSR count). The van der Waals surface area contributed by atoms with Gasteiger partial charge < -0.3 is 34.9 Å². The van der Waals surface area contributed by atoms with Crippen molar-refractivity contribution in [1.29, 1.82) is 0 Å². The summed E-state index contributed by atoms with van der Waals surface area (Å²) >= 11 is 0. The number of hydrogen-bond acceptors (Lipinski definition) is 6. The molecular weight excluding hydrogens is 613 g/mol. The fourth-order valence-electron chi connectivity index (χ4n) is 6.19. The highest BCUT2D eigenvalue weighted by molar-refractivity contribution is 6.15. The second kappa shape index (κ2) is 15.9. The van der Waals surface area contributed by atoms with Crippen LogP contribution in [0.3, 0.4) is 0 Å². The monoisotopic (exact) mass is 657 g/mol. The van der Waals surface area contributed by atoms with Crippen molar-refractivity contribution in [3.8, 4) is 0 Å². The summed E-state index contributed by atoms with van der Waals surface area (Å²) in [6.07, 6.45) is 3.02. The summed E-state index contributed by atoms with van der Waals surface area (Å²) < 4.78 is 27.7. The van der Waals surface area contributed by atoms with Gasteiger partial charge in [0.15, 0.2) is 0 Å². The first-order valence-corrected chi connectivity index (χ1v) is 15.8. The predicted molar refractivity (Wildman–Crippen MR) is 177 cm³/mol.